The fourth-order valence-corrected chi connectivity index (χ4v) is 3.90. The number of nitrogens with one attached hydrogen (secondary N) is 1. The predicted molar refractivity (Wildman–Crippen MR) is 126 cm³/mol. The fraction of sp³-hybridized carbons (Fsp3) is 0.458. The van der Waals surface area contributed by atoms with Gasteiger partial charge in [-0.05, 0) is 46.2 Å². The zero-order valence-corrected chi connectivity index (χ0v) is 19.5. The highest BCUT2D eigenvalue weighted by Gasteiger charge is 2.26. The number of piperazine rings is 1. The Morgan fingerprint density at radius 3 is 2.59 bits per heavy atom. The van der Waals surface area contributed by atoms with Crippen molar-refractivity contribution in [1.82, 2.24) is 19.5 Å². The van der Waals surface area contributed by atoms with E-state index in [2.05, 4.69) is 64.5 Å². The Morgan fingerprint density at radius 2 is 1.91 bits per heavy atom. The maximum atomic E-state index is 12.3. The molecule has 0 aliphatic carbocycles. The van der Waals surface area contributed by atoms with Crippen molar-refractivity contribution >= 4 is 23.1 Å². The smallest absolute Gasteiger partial charge is 0.410 e. The molecule has 8 nitrogen and oxygen atoms in total. The van der Waals surface area contributed by atoms with Gasteiger partial charge < -0.3 is 19.9 Å². The average Bonchev–Trinajstić information content (AvgIpc) is 3.18. The van der Waals surface area contributed by atoms with Crippen molar-refractivity contribution in [3.05, 3.63) is 54.0 Å². The van der Waals surface area contributed by atoms with Gasteiger partial charge in [-0.1, -0.05) is 29.8 Å². The molecular formula is C24H32N6O2. The summed E-state index contributed by atoms with van der Waals surface area (Å²) in [5, 5.41) is 7.92. The number of anilines is 2. The number of hydrogen-bond donors (Lipinski definition) is 1. The summed E-state index contributed by atoms with van der Waals surface area (Å²) in [4.78, 5) is 20.9. The SMILES string of the molecule is Cc1cccc([C@@H](C)Nc2ncnn3cc(N4CCN(C(=O)OC(C)(C)C)CC4)cc23)c1. The molecule has 1 N–H and O–H groups in total. The third-order valence-corrected chi connectivity index (χ3v) is 5.58. The molecule has 3 aromatic rings. The second-order valence-corrected chi connectivity index (χ2v) is 9.37. The van der Waals surface area contributed by atoms with Gasteiger partial charge in [0.2, 0.25) is 0 Å². The Kier molecular flexibility index (Phi) is 5.95. The largest absolute Gasteiger partial charge is 0.444 e. The van der Waals surface area contributed by atoms with Crippen LogP contribution in [0, 0.1) is 6.92 Å². The molecule has 2 aromatic heterocycles. The molecule has 1 aliphatic heterocycles. The summed E-state index contributed by atoms with van der Waals surface area (Å²) in [7, 11) is 0. The number of aryl methyl sites for hydroxylation is 1. The first-order valence-electron chi connectivity index (χ1n) is 11.1. The van der Waals surface area contributed by atoms with E-state index in [1.807, 2.05) is 31.5 Å². The minimum Gasteiger partial charge on any atom is -0.444 e. The van der Waals surface area contributed by atoms with Gasteiger partial charge in [0.05, 0.1) is 17.9 Å². The number of nitrogens with zero attached hydrogens (tertiary/aromatic N) is 5. The van der Waals surface area contributed by atoms with Crippen LogP contribution in [0.4, 0.5) is 16.3 Å². The minimum absolute atomic E-state index is 0.115. The number of rotatable bonds is 4. The molecule has 8 heteroatoms. The number of amides is 1. The van der Waals surface area contributed by atoms with E-state index in [0.717, 1.165) is 30.1 Å². The Bertz CT molecular complexity index is 1100. The van der Waals surface area contributed by atoms with Crippen molar-refractivity contribution in [2.24, 2.45) is 0 Å². The highest BCUT2D eigenvalue weighted by molar-refractivity contribution is 5.74. The Morgan fingerprint density at radius 1 is 1.16 bits per heavy atom. The Balaban J connectivity index is 1.46. The van der Waals surface area contributed by atoms with Crippen molar-refractivity contribution in [2.75, 3.05) is 36.4 Å². The molecule has 1 aliphatic rings. The summed E-state index contributed by atoms with van der Waals surface area (Å²) in [6, 6.07) is 10.7. The topological polar surface area (TPSA) is 75.0 Å². The fourth-order valence-electron chi connectivity index (χ4n) is 3.90. The van der Waals surface area contributed by atoms with Crippen molar-refractivity contribution in [2.45, 2.75) is 46.3 Å². The lowest BCUT2D eigenvalue weighted by atomic mass is 10.1. The van der Waals surface area contributed by atoms with Crippen LogP contribution in [0.1, 0.15) is 44.9 Å². The molecule has 1 aromatic carbocycles. The Labute approximate surface area is 189 Å². The standard InChI is InChI=1S/C24H32N6O2/c1-17-7-6-8-19(13-17)18(2)27-22-21-14-20(15-30(21)26-16-25-22)28-9-11-29(12-10-28)23(31)32-24(3,4)5/h6-8,13-16,18H,9-12H2,1-5H3,(H,25,26,27)/t18-/m1/s1. The van der Waals surface area contributed by atoms with E-state index in [1.165, 1.54) is 11.1 Å². The molecule has 3 heterocycles. The van der Waals surface area contributed by atoms with E-state index in [1.54, 1.807) is 11.2 Å². The molecule has 170 valence electrons. The van der Waals surface area contributed by atoms with Crippen LogP contribution in [-0.4, -0.2) is 57.4 Å². The normalized spacial score (nSPS) is 15.7. The van der Waals surface area contributed by atoms with E-state index in [4.69, 9.17) is 4.74 Å². The quantitative estimate of drug-likeness (QED) is 0.658. The molecule has 32 heavy (non-hydrogen) atoms. The van der Waals surface area contributed by atoms with Gasteiger partial charge in [-0.15, -0.1) is 0 Å². The summed E-state index contributed by atoms with van der Waals surface area (Å²) in [5.41, 5.74) is 3.97. The summed E-state index contributed by atoms with van der Waals surface area (Å²) < 4.78 is 7.36. The second kappa shape index (κ2) is 8.68. The van der Waals surface area contributed by atoms with Crippen LogP contribution in [0.15, 0.2) is 42.9 Å². The van der Waals surface area contributed by atoms with E-state index in [9.17, 15) is 4.79 Å². The monoisotopic (exact) mass is 436 g/mol. The molecule has 0 unspecified atom stereocenters. The highest BCUT2D eigenvalue weighted by atomic mass is 16.6. The van der Waals surface area contributed by atoms with Crippen LogP contribution >= 0.6 is 0 Å². The predicted octanol–water partition coefficient (Wildman–Crippen LogP) is 4.27. The molecule has 1 atom stereocenters. The summed E-state index contributed by atoms with van der Waals surface area (Å²) in [6.07, 6.45) is 3.34. The summed E-state index contributed by atoms with van der Waals surface area (Å²) >= 11 is 0. The first kappa shape index (κ1) is 21.9. The lowest BCUT2D eigenvalue weighted by Crippen LogP contribution is -2.50. The molecule has 1 amide bonds. The number of benzene rings is 1. The van der Waals surface area contributed by atoms with Crippen LogP contribution in [0.3, 0.4) is 0 Å². The van der Waals surface area contributed by atoms with E-state index in [0.29, 0.717) is 13.1 Å². The van der Waals surface area contributed by atoms with E-state index < -0.39 is 5.60 Å². The molecule has 0 radical (unpaired) electrons. The number of ether oxygens (including phenoxy) is 1. The van der Waals surface area contributed by atoms with Gasteiger partial charge in [0, 0.05) is 26.2 Å². The lowest BCUT2D eigenvalue weighted by Gasteiger charge is -2.36. The average molecular weight is 437 g/mol. The summed E-state index contributed by atoms with van der Waals surface area (Å²) in [6.45, 7) is 12.6. The first-order valence-corrected chi connectivity index (χ1v) is 11.1. The maximum absolute atomic E-state index is 12.3. The minimum atomic E-state index is -0.480. The number of carbonyl (C=O) groups is 1. The van der Waals surface area contributed by atoms with E-state index in [-0.39, 0.29) is 12.1 Å². The summed E-state index contributed by atoms with van der Waals surface area (Å²) in [5.74, 6) is 0.799. The highest BCUT2D eigenvalue weighted by Crippen LogP contribution is 2.27. The zero-order chi connectivity index (χ0) is 22.9. The molecule has 0 spiro atoms. The number of carbonyl (C=O) groups excluding carboxylic acids is 1. The zero-order valence-electron chi connectivity index (χ0n) is 19.5. The number of fused-ring (bicyclic) bond motifs is 1. The van der Waals surface area contributed by atoms with Crippen LogP contribution in [0.5, 0.6) is 0 Å². The number of hydrogen-bond acceptors (Lipinski definition) is 6. The number of aromatic nitrogens is 3. The second-order valence-electron chi connectivity index (χ2n) is 9.37. The van der Waals surface area contributed by atoms with Crippen LogP contribution in [0.25, 0.3) is 5.52 Å². The van der Waals surface area contributed by atoms with Crippen LogP contribution in [0.2, 0.25) is 0 Å². The lowest BCUT2D eigenvalue weighted by molar-refractivity contribution is 0.0240. The van der Waals surface area contributed by atoms with Crippen LogP contribution < -0.4 is 10.2 Å². The molecule has 0 bridgehead atoms. The van der Waals surface area contributed by atoms with Gasteiger partial charge in [0.15, 0.2) is 5.82 Å². The Hall–Kier alpha value is -3.29. The van der Waals surface area contributed by atoms with Gasteiger partial charge in [-0.2, -0.15) is 5.10 Å². The molecule has 0 saturated carbocycles. The third-order valence-electron chi connectivity index (χ3n) is 5.58. The van der Waals surface area contributed by atoms with Crippen molar-refractivity contribution in [3.8, 4) is 0 Å². The van der Waals surface area contributed by atoms with Gasteiger partial charge in [-0.25, -0.2) is 14.3 Å². The molecule has 4 rings (SSSR count). The molecule has 1 saturated heterocycles. The molecular weight excluding hydrogens is 404 g/mol. The first-order chi connectivity index (χ1) is 15.2. The van der Waals surface area contributed by atoms with Gasteiger partial charge >= 0.3 is 6.09 Å². The van der Waals surface area contributed by atoms with Gasteiger partial charge in [0.1, 0.15) is 17.4 Å². The van der Waals surface area contributed by atoms with Gasteiger partial charge in [-0.3, -0.25) is 0 Å². The van der Waals surface area contributed by atoms with E-state index >= 15 is 0 Å². The van der Waals surface area contributed by atoms with Gasteiger partial charge in [0.25, 0.3) is 0 Å². The maximum Gasteiger partial charge on any atom is 0.410 e. The third kappa shape index (κ3) is 4.95. The molecule has 1 fully saturated rings. The van der Waals surface area contributed by atoms with Crippen molar-refractivity contribution in [3.63, 3.8) is 0 Å². The van der Waals surface area contributed by atoms with Crippen molar-refractivity contribution in [1.29, 1.82) is 0 Å². The van der Waals surface area contributed by atoms with Crippen molar-refractivity contribution < 1.29 is 9.53 Å². The van der Waals surface area contributed by atoms with Crippen LogP contribution in [-0.2, 0) is 4.74 Å².